The fourth-order valence-electron chi connectivity index (χ4n) is 2.90. The fourth-order valence-corrected chi connectivity index (χ4v) is 2.90. The Bertz CT molecular complexity index is 579. The number of anilines is 1. The van der Waals surface area contributed by atoms with Crippen molar-refractivity contribution >= 4 is 16.6 Å². The van der Waals surface area contributed by atoms with Gasteiger partial charge in [-0.25, -0.2) is 0 Å². The Labute approximate surface area is 114 Å². The van der Waals surface area contributed by atoms with Crippen molar-refractivity contribution in [2.75, 3.05) is 5.32 Å². The zero-order valence-electron chi connectivity index (χ0n) is 11.4. The second-order valence-electron chi connectivity index (χ2n) is 5.53. The molecule has 1 aliphatic rings. The molecule has 1 heterocycles. The first-order chi connectivity index (χ1) is 9.24. The number of para-hydroxylation sites is 1. The molecule has 2 aromatic rings. The molecule has 0 aliphatic heterocycles. The highest BCUT2D eigenvalue weighted by Gasteiger charge is 2.22. The first kappa shape index (κ1) is 12.4. The summed E-state index contributed by atoms with van der Waals surface area (Å²) in [5.74, 6) is 0. The SMILES string of the molecule is Cc1ccc2cccc(NC3CCCCC3N)c2n1. The average molecular weight is 255 g/mol. The van der Waals surface area contributed by atoms with E-state index in [2.05, 4.69) is 40.6 Å². The van der Waals surface area contributed by atoms with Crippen molar-refractivity contribution in [2.24, 2.45) is 5.73 Å². The second-order valence-corrected chi connectivity index (χ2v) is 5.53. The Kier molecular flexibility index (Phi) is 3.38. The molecule has 100 valence electrons. The average Bonchev–Trinajstić information content (AvgIpc) is 2.42. The molecular weight excluding hydrogens is 234 g/mol. The number of benzene rings is 1. The van der Waals surface area contributed by atoms with Crippen LogP contribution >= 0.6 is 0 Å². The van der Waals surface area contributed by atoms with E-state index in [9.17, 15) is 0 Å². The van der Waals surface area contributed by atoms with E-state index in [1.54, 1.807) is 0 Å². The Morgan fingerprint density at radius 2 is 2.00 bits per heavy atom. The van der Waals surface area contributed by atoms with Crippen molar-refractivity contribution < 1.29 is 0 Å². The normalized spacial score (nSPS) is 23.5. The number of aryl methyl sites for hydroxylation is 1. The van der Waals surface area contributed by atoms with Gasteiger partial charge in [-0.15, -0.1) is 0 Å². The molecule has 2 atom stereocenters. The summed E-state index contributed by atoms with van der Waals surface area (Å²) >= 11 is 0. The molecule has 3 heteroatoms. The van der Waals surface area contributed by atoms with Crippen molar-refractivity contribution in [2.45, 2.75) is 44.7 Å². The molecule has 0 radical (unpaired) electrons. The van der Waals surface area contributed by atoms with Crippen LogP contribution in [0.2, 0.25) is 0 Å². The minimum atomic E-state index is 0.258. The number of rotatable bonds is 2. The van der Waals surface area contributed by atoms with Crippen LogP contribution in [-0.4, -0.2) is 17.1 Å². The molecule has 1 aromatic carbocycles. The van der Waals surface area contributed by atoms with Crippen molar-refractivity contribution in [3.63, 3.8) is 0 Å². The summed E-state index contributed by atoms with van der Waals surface area (Å²) in [6.07, 6.45) is 4.80. The molecule has 1 aromatic heterocycles. The summed E-state index contributed by atoms with van der Waals surface area (Å²) in [4.78, 5) is 4.66. The standard InChI is InChI=1S/C16H21N3/c1-11-9-10-12-5-4-8-15(16(12)18-11)19-14-7-3-2-6-13(14)17/h4-5,8-10,13-14,19H,2-3,6-7,17H2,1H3. The zero-order chi connectivity index (χ0) is 13.2. The van der Waals surface area contributed by atoms with Gasteiger partial charge in [-0.1, -0.05) is 31.0 Å². The number of hydrogen-bond donors (Lipinski definition) is 2. The number of nitrogens with two attached hydrogens (primary N) is 1. The van der Waals surface area contributed by atoms with Gasteiger partial charge in [0, 0.05) is 23.2 Å². The smallest absolute Gasteiger partial charge is 0.0936 e. The Morgan fingerprint density at radius 1 is 1.16 bits per heavy atom. The van der Waals surface area contributed by atoms with Gasteiger partial charge in [-0.2, -0.15) is 0 Å². The first-order valence-electron chi connectivity index (χ1n) is 7.12. The van der Waals surface area contributed by atoms with Crippen molar-refractivity contribution in [1.29, 1.82) is 0 Å². The highest BCUT2D eigenvalue weighted by atomic mass is 15.0. The third-order valence-corrected chi connectivity index (χ3v) is 4.02. The maximum absolute atomic E-state index is 6.22. The predicted octanol–water partition coefficient (Wildman–Crippen LogP) is 3.23. The molecule has 1 aliphatic carbocycles. The van der Waals surface area contributed by atoms with Crippen LogP contribution in [0, 0.1) is 6.92 Å². The molecule has 2 unspecified atom stereocenters. The molecule has 19 heavy (non-hydrogen) atoms. The van der Waals surface area contributed by atoms with E-state index in [-0.39, 0.29) is 6.04 Å². The third-order valence-electron chi connectivity index (χ3n) is 4.02. The van der Waals surface area contributed by atoms with Gasteiger partial charge in [0.05, 0.1) is 11.2 Å². The fraction of sp³-hybridized carbons (Fsp3) is 0.438. The van der Waals surface area contributed by atoms with Gasteiger partial charge in [0.2, 0.25) is 0 Å². The van der Waals surface area contributed by atoms with Crippen LogP contribution < -0.4 is 11.1 Å². The van der Waals surface area contributed by atoms with Gasteiger partial charge in [0.15, 0.2) is 0 Å². The van der Waals surface area contributed by atoms with Gasteiger partial charge in [0.25, 0.3) is 0 Å². The number of nitrogens with one attached hydrogen (secondary N) is 1. The minimum Gasteiger partial charge on any atom is -0.379 e. The summed E-state index contributed by atoms with van der Waals surface area (Å²) < 4.78 is 0. The Hall–Kier alpha value is -1.61. The van der Waals surface area contributed by atoms with Crippen LogP contribution in [-0.2, 0) is 0 Å². The quantitative estimate of drug-likeness (QED) is 0.866. The number of fused-ring (bicyclic) bond motifs is 1. The summed E-state index contributed by atoms with van der Waals surface area (Å²) in [6.45, 7) is 2.03. The molecule has 3 nitrogen and oxygen atoms in total. The maximum Gasteiger partial charge on any atom is 0.0936 e. The lowest BCUT2D eigenvalue weighted by molar-refractivity contribution is 0.404. The summed E-state index contributed by atoms with van der Waals surface area (Å²) in [7, 11) is 0. The van der Waals surface area contributed by atoms with E-state index in [1.165, 1.54) is 18.2 Å². The molecule has 1 saturated carbocycles. The van der Waals surface area contributed by atoms with Crippen LogP contribution in [0.1, 0.15) is 31.4 Å². The molecule has 0 saturated heterocycles. The minimum absolute atomic E-state index is 0.258. The Morgan fingerprint density at radius 3 is 2.84 bits per heavy atom. The maximum atomic E-state index is 6.22. The van der Waals surface area contributed by atoms with Crippen LogP contribution in [0.5, 0.6) is 0 Å². The summed E-state index contributed by atoms with van der Waals surface area (Å²) in [5.41, 5.74) is 9.44. The van der Waals surface area contributed by atoms with E-state index in [1.807, 2.05) is 6.92 Å². The van der Waals surface area contributed by atoms with Crippen LogP contribution in [0.15, 0.2) is 30.3 Å². The number of nitrogens with zero attached hydrogens (tertiary/aromatic N) is 1. The van der Waals surface area contributed by atoms with Gasteiger partial charge >= 0.3 is 0 Å². The van der Waals surface area contributed by atoms with E-state index >= 15 is 0 Å². The van der Waals surface area contributed by atoms with Gasteiger partial charge < -0.3 is 11.1 Å². The van der Waals surface area contributed by atoms with E-state index in [4.69, 9.17) is 5.73 Å². The summed E-state index contributed by atoms with van der Waals surface area (Å²) in [6, 6.07) is 11.1. The molecule has 1 fully saturated rings. The van der Waals surface area contributed by atoms with Crippen molar-refractivity contribution in [1.82, 2.24) is 4.98 Å². The van der Waals surface area contributed by atoms with Gasteiger partial charge in [-0.3, -0.25) is 4.98 Å². The highest BCUT2D eigenvalue weighted by Crippen LogP contribution is 2.26. The lowest BCUT2D eigenvalue weighted by atomic mass is 9.91. The van der Waals surface area contributed by atoms with Crippen LogP contribution in [0.3, 0.4) is 0 Å². The largest absolute Gasteiger partial charge is 0.379 e. The van der Waals surface area contributed by atoms with Crippen LogP contribution in [0.25, 0.3) is 10.9 Å². The zero-order valence-corrected chi connectivity index (χ0v) is 11.4. The molecule has 0 bridgehead atoms. The first-order valence-corrected chi connectivity index (χ1v) is 7.12. The monoisotopic (exact) mass is 255 g/mol. The van der Waals surface area contributed by atoms with Crippen LogP contribution in [0.4, 0.5) is 5.69 Å². The molecule has 0 spiro atoms. The number of hydrogen-bond acceptors (Lipinski definition) is 3. The van der Waals surface area contributed by atoms with Crippen molar-refractivity contribution in [3.05, 3.63) is 36.0 Å². The van der Waals surface area contributed by atoms with E-state index < -0.39 is 0 Å². The van der Waals surface area contributed by atoms with E-state index in [0.29, 0.717) is 6.04 Å². The predicted molar refractivity (Wildman–Crippen MR) is 80.3 cm³/mol. The second kappa shape index (κ2) is 5.17. The van der Waals surface area contributed by atoms with Crippen molar-refractivity contribution in [3.8, 4) is 0 Å². The molecule has 3 N–H and O–H groups in total. The molecule has 0 amide bonds. The summed E-state index contributed by atoms with van der Waals surface area (Å²) in [5, 5.41) is 4.79. The lowest BCUT2D eigenvalue weighted by Crippen LogP contribution is -2.42. The molecular formula is C16H21N3. The topological polar surface area (TPSA) is 50.9 Å². The number of pyridine rings is 1. The van der Waals surface area contributed by atoms with Gasteiger partial charge in [0.1, 0.15) is 0 Å². The Balaban J connectivity index is 1.93. The highest BCUT2D eigenvalue weighted by molar-refractivity contribution is 5.90. The van der Waals surface area contributed by atoms with E-state index in [0.717, 1.165) is 29.7 Å². The lowest BCUT2D eigenvalue weighted by Gasteiger charge is -2.30. The van der Waals surface area contributed by atoms with Gasteiger partial charge in [-0.05, 0) is 31.9 Å². The molecule has 3 rings (SSSR count). The number of aromatic nitrogens is 1. The third kappa shape index (κ3) is 2.56.